The lowest BCUT2D eigenvalue weighted by atomic mass is 9.92. The average molecular weight is 392 g/mol. The lowest BCUT2D eigenvalue weighted by Crippen LogP contribution is -2.60. The van der Waals surface area contributed by atoms with Crippen molar-refractivity contribution in [3.63, 3.8) is 0 Å². The largest absolute Gasteiger partial charge is 0.490 e. The zero-order valence-electron chi connectivity index (χ0n) is 14.2. The molecule has 144 valence electrons. The van der Waals surface area contributed by atoms with Crippen molar-refractivity contribution in [2.45, 2.75) is 30.4 Å². The maximum atomic E-state index is 12.3. The minimum Gasteiger partial charge on any atom is -0.475 e. The summed E-state index contributed by atoms with van der Waals surface area (Å²) in [5.74, 6) is -1.61. The number of ether oxygens (including phenoxy) is 1. The SMILES string of the molecule is COC1CSC2(C1)CN(C(=O)c1cncc(C)c1)C2.O=C(O)C(F)(F)F. The number of likely N-dealkylation sites (tertiary alicyclic amines) is 1. The van der Waals surface area contributed by atoms with E-state index in [0.29, 0.717) is 11.7 Å². The fourth-order valence-corrected chi connectivity index (χ4v) is 4.41. The molecule has 2 saturated heterocycles. The van der Waals surface area contributed by atoms with E-state index in [-0.39, 0.29) is 10.7 Å². The van der Waals surface area contributed by atoms with Gasteiger partial charge in [-0.15, -0.1) is 11.8 Å². The maximum absolute atomic E-state index is 12.3. The van der Waals surface area contributed by atoms with Gasteiger partial charge in [0.2, 0.25) is 0 Å². The van der Waals surface area contributed by atoms with Crippen LogP contribution in [0.4, 0.5) is 13.2 Å². The summed E-state index contributed by atoms with van der Waals surface area (Å²) in [6, 6.07) is 1.90. The van der Waals surface area contributed by atoms with Gasteiger partial charge < -0.3 is 14.7 Å². The Hall–Kier alpha value is -1.81. The molecule has 2 aliphatic rings. The summed E-state index contributed by atoms with van der Waals surface area (Å²) in [6.45, 7) is 3.63. The van der Waals surface area contributed by atoms with Gasteiger partial charge in [-0.2, -0.15) is 13.2 Å². The quantitative estimate of drug-likeness (QED) is 0.833. The Kier molecular flexibility index (Phi) is 6.17. The van der Waals surface area contributed by atoms with Crippen LogP contribution in [-0.2, 0) is 9.53 Å². The van der Waals surface area contributed by atoms with Crippen LogP contribution in [0.2, 0.25) is 0 Å². The number of alkyl halides is 3. The van der Waals surface area contributed by atoms with E-state index < -0.39 is 12.1 Å². The van der Waals surface area contributed by atoms with Crippen molar-refractivity contribution in [2.75, 3.05) is 26.0 Å². The molecule has 0 aliphatic carbocycles. The number of pyridine rings is 1. The second-order valence-electron chi connectivity index (χ2n) is 6.27. The lowest BCUT2D eigenvalue weighted by molar-refractivity contribution is -0.192. The van der Waals surface area contributed by atoms with E-state index in [4.69, 9.17) is 14.6 Å². The third-order valence-electron chi connectivity index (χ3n) is 4.12. The Morgan fingerprint density at radius 2 is 2.00 bits per heavy atom. The van der Waals surface area contributed by atoms with E-state index in [1.165, 1.54) is 0 Å². The van der Waals surface area contributed by atoms with Gasteiger partial charge in [-0.25, -0.2) is 4.79 Å². The number of amides is 1. The number of nitrogens with zero attached hydrogens (tertiary/aromatic N) is 2. The van der Waals surface area contributed by atoms with Crippen molar-refractivity contribution in [3.05, 3.63) is 29.6 Å². The van der Waals surface area contributed by atoms with Crippen LogP contribution >= 0.6 is 11.8 Å². The van der Waals surface area contributed by atoms with Crippen molar-refractivity contribution in [1.29, 1.82) is 0 Å². The summed E-state index contributed by atoms with van der Waals surface area (Å²) in [5, 5.41) is 7.12. The molecule has 6 nitrogen and oxygen atoms in total. The Bertz CT molecular complexity index is 678. The first-order valence-electron chi connectivity index (χ1n) is 7.74. The van der Waals surface area contributed by atoms with Crippen LogP contribution in [0, 0.1) is 6.92 Å². The number of hydrogen-bond donors (Lipinski definition) is 1. The van der Waals surface area contributed by atoms with Crippen molar-refractivity contribution in [2.24, 2.45) is 0 Å². The van der Waals surface area contributed by atoms with Crippen LogP contribution < -0.4 is 0 Å². The molecule has 3 heterocycles. The number of rotatable bonds is 2. The van der Waals surface area contributed by atoms with E-state index in [0.717, 1.165) is 30.8 Å². The number of aliphatic carboxylic acids is 1. The zero-order valence-corrected chi connectivity index (χ0v) is 15.1. The van der Waals surface area contributed by atoms with Gasteiger partial charge in [0.05, 0.1) is 16.4 Å². The molecular formula is C16H19F3N2O4S. The van der Waals surface area contributed by atoms with Gasteiger partial charge in [-0.05, 0) is 25.0 Å². The molecule has 1 unspecified atom stereocenters. The number of carboxylic acid groups (broad SMARTS) is 1. The van der Waals surface area contributed by atoms with E-state index in [1.54, 1.807) is 19.5 Å². The fraction of sp³-hybridized carbons (Fsp3) is 0.562. The highest BCUT2D eigenvalue weighted by Crippen LogP contribution is 2.46. The smallest absolute Gasteiger partial charge is 0.475 e. The van der Waals surface area contributed by atoms with Crippen LogP contribution in [0.1, 0.15) is 22.3 Å². The van der Waals surface area contributed by atoms with Gasteiger partial charge in [-0.3, -0.25) is 9.78 Å². The second-order valence-corrected chi connectivity index (χ2v) is 7.76. The number of aryl methyl sites for hydroxylation is 1. The topological polar surface area (TPSA) is 79.7 Å². The number of methoxy groups -OCH3 is 1. The van der Waals surface area contributed by atoms with Crippen molar-refractivity contribution < 1.29 is 32.6 Å². The summed E-state index contributed by atoms with van der Waals surface area (Å²) in [6.07, 6.45) is -0.253. The predicted molar refractivity (Wildman–Crippen MR) is 89.2 cm³/mol. The minimum absolute atomic E-state index is 0.100. The summed E-state index contributed by atoms with van der Waals surface area (Å²) in [4.78, 5) is 27.2. The number of thioether (sulfide) groups is 1. The zero-order chi connectivity index (χ0) is 19.5. The van der Waals surface area contributed by atoms with E-state index >= 15 is 0 Å². The number of hydrogen-bond acceptors (Lipinski definition) is 5. The third-order valence-corrected chi connectivity index (χ3v) is 5.69. The van der Waals surface area contributed by atoms with Crippen LogP contribution in [0.3, 0.4) is 0 Å². The summed E-state index contributed by atoms with van der Waals surface area (Å²) in [5.41, 5.74) is 1.72. The molecule has 26 heavy (non-hydrogen) atoms. The fourth-order valence-electron chi connectivity index (χ4n) is 2.82. The second kappa shape index (κ2) is 7.83. The van der Waals surface area contributed by atoms with Gasteiger partial charge in [-0.1, -0.05) is 0 Å². The molecule has 1 N–H and O–H groups in total. The van der Waals surface area contributed by atoms with E-state index in [1.807, 2.05) is 29.7 Å². The monoisotopic (exact) mass is 392 g/mol. The molecule has 0 radical (unpaired) electrons. The molecule has 0 aromatic carbocycles. The normalized spacial score (nSPS) is 21.0. The van der Waals surface area contributed by atoms with Crippen LogP contribution in [0.25, 0.3) is 0 Å². The lowest BCUT2D eigenvalue weighted by Gasteiger charge is -2.47. The summed E-state index contributed by atoms with van der Waals surface area (Å²) < 4.78 is 37.4. The summed E-state index contributed by atoms with van der Waals surface area (Å²) >= 11 is 1.95. The number of carboxylic acids is 1. The molecule has 1 amide bonds. The van der Waals surface area contributed by atoms with Crippen LogP contribution in [0.15, 0.2) is 18.5 Å². The molecule has 1 atom stereocenters. The Morgan fingerprint density at radius 3 is 2.46 bits per heavy atom. The van der Waals surface area contributed by atoms with Crippen molar-refractivity contribution in [3.8, 4) is 0 Å². The highest BCUT2D eigenvalue weighted by molar-refractivity contribution is 8.01. The Balaban J connectivity index is 0.000000298. The molecule has 2 aliphatic heterocycles. The molecule has 1 aromatic heterocycles. The molecule has 1 aromatic rings. The Labute approximate surface area is 152 Å². The van der Waals surface area contributed by atoms with Crippen molar-refractivity contribution >= 4 is 23.6 Å². The van der Waals surface area contributed by atoms with E-state index in [2.05, 4.69) is 4.98 Å². The van der Waals surface area contributed by atoms with Crippen molar-refractivity contribution in [1.82, 2.24) is 9.88 Å². The molecule has 2 fully saturated rings. The number of carbonyl (C=O) groups excluding carboxylic acids is 1. The highest BCUT2D eigenvalue weighted by Gasteiger charge is 2.50. The summed E-state index contributed by atoms with van der Waals surface area (Å²) in [7, 11) is 1.77. The van der Waals surface area contributed by atoms with Gasteiger partial charge in [0.15, 0.2) is 0 Å². The molecule has 1 spiro atoms. The first-order chi connectivity index (χ1) is 12.1. The predicted octanol–water partition coefficient (Wildman–Crippen LogP) is 2.37. The molecule has 3 rings (SSSR count). The van der Waals surface area contributed by atoms with Gasteiger partial charge in [0.1, 0.15) is 0 Å². The maximum Gasteiger partial charge on any atom is 0.490 e. The average Bonchev–Trinajstić information content (AvgIpc) is 2.97. The molecule has 10 heteroatoms. The molecule has 0 saturated carbocycles. The van der Waals surface area contributed by atoms with Crippen LogP contribution in [-0.4, -0.2) is 69.8 Å². The Morgan fingerprint density at radius 1 is 1.38 bits per heavy atom. The van der Waals surface area contributed by atoms with Gasteiger partial charge in [0.25, 0.3) is 5.91 Å². The third kappa shape index (κ3) is 4.88. The number of carbonyl (C=O) groups is 2. The van der Waals surface area contributed by atoms with Gasteiger partial charge >= 0.3 is 12.1 Å². The minimum atomic E-state index is -5.08. The van der Waals surface area contributed by atoms with Gasteiger partial charge in [0, 0.05) is 38.3 Å². The highest BCUT2D eigenvalue weighted by atomic mass is 32.2. The van der Waals surface area contributed by atoms with Crippen LogP contribution in [0.5, 0.6) is 0 Å². The molecular weight excluding hydrogens is 373 g/mol. The standard InChI is InChI=1S/C14H18N2O2S.C2HF3O2/c1-10-3-11(6-15-5-10)13(17)16-8-14(9-16)4-12(18-2)7-19-14;3-2(4,5)1(6)7/h3,5-6,12H,4,7-9H2,1-2H3;(H,6,7). The van der Waals surface area contributed by atoms with E-state index in [9.17, 15) is 18.0 Å². The number of aromatic nitrogens is 1. The first kappa shape index (κ1) is 20.5. The molecule has 0 bridgehead atoms. The first-order valence-corrected chi connectivity index (χ1v) is 8.73. The number of halogens is 3.